The number of carbonyl (C=O) groups is 2. The zero-order valence-corrected chi connectivity index (χ0v) is 25.0. The summed E-state index contributed by atoms with van der Waals surface area (Å²) in [5.74, 6) is 3.54. The number of ether oxygens (including phenoxy) is 1. The molecule has 5 aliphatic carbocycles. The lowest BCUT2D eigenvalue weighted by Gasteiger charge is -2.72. The van der Waals surface area contributed by atoms with Crippen molar-refractivity contribution in [2.45, 2.75) is 112 Å². The monoisotopic (exact) mass is 523 g/mol. The van der Waals surface area contributed by atoms with E-state index < -0.39 is 0 Å². The van der Waals surface area contributed by atoms with Crippen LogP contribution in [0.15, 0.2) is 10.7 Å². The van der Waals surface area contributed by atoms with Crippen molar-refractivity contribution in [3.8, 4) is 0 Å². The highest BCUT2D eigenvalue weighted by atomic mass is 16.5. The van der Waals surface area contributed by atoms with Gasteiger partial charge in [-0.25, -0.2) is 0 Å². The first-order valence-corrected chi connectivity index (χ1v) is 15.3. The van der Waals surface area contributed by atoms with E-state index in [1.165, 1.54) is 12.7 Å². The first-order valence-electron chi connectivity index (χ1n) is 15.3. The molecule has 1 heterocycles. The lowest BCUT2D eigenvalue weighted by molar-refractivity contribution is -0.233. The molecule has 0 aliphatic heterocycles. The van der Waals surface area contributed by atoms with Crippen LogP contribution in [0.1, 0.15) is 111 Å². The maximum atomic E-state index is 14.7. The Morgan fingerprint density at radius 3 is 2.47 bits per heavy atom. The number of hydrogen-bond donors (Lipinski definition) is 0. The molecule has 0 unspecified atom stereocenters. The molecular formula is C33H49NO4. The van der Waals surface area contributed by atoms with Gasteiger partial charge in [0.15, 0.2) is 0 Å². The Kier molecular flexibility index (Phi) is 5.73. The third-order valence-electron chi connectivity index (χ3n) is 14.2. The molecule has 4 saturated carbocycles. The number of nitrogens with zero attached hydrogens (tertiary/aromatic N) is 1. The summed E-state index contributed by atoms with van der Waals surface area (Å²) in [5, 5.41) is 4.22. The third-order valence-corrected chi connectivity index (χ3v) is 14.2. The van der Waals surface area contributed by atoms with Gasteiger partial charge in [0, 0.05) is 23.3 Å². The number of Topliss-reactive ketones (excluding diaryl/α,β-unsaturated/α-hetero) is 1. The molecule has 0 radical (unpaired) electrons. The minimum Gasteiger partial charge on any atom is -0.469 e. The Hall–Kier alpha value is -1.65. The molecule has 10 atom stereocenters. The Bertz CT molecular complexity index is 1150. The first-order chi connectivity index (χ1) is 17.7. The van der Waals surface area contributed by atoms with Gasteiger partial charge in [0.1, 0.15) is 11.5 Å². The van der Waals surface area contributed by atoms with Crippen molar-refractivity contribution in [1.82, 2.24) is 5.16 Å². The number of esters is 1. The largest absolute Gasteiger partial charge is 0.469 e. The molecule has 0 aromatic carbocycles. The van der Waals surface area contributed by atoms with Crippen LogP contribution in [0.3, 0.4) is 0 Å². The molecule has 5 heteroatoms. The van der Waals surface area contributed by atoms with Gasteiger partial charge in [-0.2, -0.15) is 0 Å². The summed E-state index contributed by atoms with van der Waals surface area (Å²) >= 11 is 0. The molecule has 6 rings (SSSR count). The standard InChI is InChI=1S/C33H49NO4/c1-19-9-12-33(17-25(36)37-8)14-13-32(7)27(26(33)20(19)2)22(35)15-24-30(5)16-21-18-34-38-28(21)29(3,4)23(30)10-11-31(24,32)6/h18-20,23-24,26-27H,9-17H2,1-8H3/t19-,20+,23+,24-,26+,27-,30+,31-,32-,33-/m1/s1. The number of methoxy groups -OCH3 is 1. The van der Waals surface area contributed by atoms with Crippen LogP contribution in [0, 0.1) is 57.2 Å². The Labute approximate surface area is 229 Å². The molecule has 1 aromatic rings. The van der Waals surface area contributed by atoms with Gasteiger partial charge in [0.05, 0.1) is 19.7 Å². The highest BCUT2D eigenvalue weighted by Crippen LogP contribution is 2.76. The van der Waals surface area contributed by atoms with E-state index in [-0.39, 0.29) is 44.9 Å². The first kappa shape index (κ1) is 26.6. The van der Waals surface area contributed by atoms with Crippen molar-refractivity contribution in [1.29, 1.82) is 0 Å². The summed E-state index contributed by atoms with van der Waals surface area (Å²) in [6.07, 6.45) is 10.6. The molecule has 0 spiro atoms. The van der Waals surface area contributed by atoms with Gasteiger partial charge in [0.2, 0.25) is 0 Å². The zero-order valence-electron chi connectivity index (χ0n) is 25.0. The summed E-state index contributed by atoms with van der Waals surface area (Å²) in [5.41, 5.74) is 1.11. The van der Waals surface area contributed by atoms with Crippen LogP contribution < -0.4 is 0 Å². The van der Waals surface area contributed by atoms with Crippen molar-refractivity contribution < 1.29 is 18.8 Å². The average Bonchev–Trinajstić information content (AvgIpc) is 3.33. The molecule has 5 aliphatic rings. The fraction of sp³-hybridized carbons (Fsp3) is 0.848. The smallest absolute Gasteiger partial charge is 0.306 e. The minimum atomic E-state index is -0.104. The molecule has 210 valence electrons. The van der Waals surface area contributed by atoms with Crippen molar-refractivity contribution in [3.05, 3.63) is 17.5 Å². The molecule has 5 nitrogen and oxygen atoms in total. The average molecular weight is 524 g/mol. The van der Waals surface area contributed by atoms with Crippen LogP contribution in [-0.4, -0.2) is 24.0 Å². The highest BCUT2D eigenvalue weighted by Gasteiger charge is 2.72. The van der Waals surface area contributed by atoms with E-state index in [9.17, 15) is 9.59 Å². The van der Waals surface area contributed by atoms with Crippen molar-refractivity contribution >= 4 is 11.8 Å². The van der Waals surface area contributed by atoms with Crippen molar-refractivity contribution in [3.63, 3.8) is 0 Å². The summed E-state index contributed by atoms with van der Waals surface area (Å²) in [6, 6.07) is 0. The van der Waals surface area contributed by atoms with E-state index >= 15 is 0 Å². The Balaban J connectivity index is 1.45. The van der Waals surface area contributed by atoms with E-state index in [1.807, 2.05) is 6.20 Å². The van der Waals surface area contributed by atoms with Crippen LogP contribution in [0.2, 0.25) is 0 Å². The number of aromatic nitrogens is 1. The Morgan fingerprint density at radius 2 is 1.76 bits per heavy atom. The van der Waals surface area contributed by atoms with Gasteiger partial charge in [-0.15, -0.1) is 0 Å². The van der Waals surface area contributed by atoms with Crippen LogP contribution in [0.5, 0.6) is 0 Å². The van der Waals surface area contributed by atoms with E-state index in [0.29, 0.717) is 42.3 Å². The molecule has 38 heavy (non-hydrogen) atoms. The molecule has 1 aromatic heterocycles. The quantitative estimate of drug-likeness (QED) is 0.384. The summed E-state index contributed by atoms with van der Waals surface area (Å²) in [7, 11) is 1.51. The zero-order chi connectivity index (χ0) is 27.5. The lowest BCUT2D eigenvalue weighted by Crippen LogP contribution is -2.69. The summed E-state index contributed by atoms with van der Waals surface area (Å²) in [6.45, 7) is 16.9. The van der Waals surface area contributed by atoms with Crippen molar-refractivity contribution in [2.75, 3.05) is 7.11 Å². The second kappa shape index (κ2) is 8.19. The maximum Gasteiger partial charge on any atom is 0.306 e. The van der Waals surface area contributed by atoms with Gasteiger partial charge >= 0.3 is 5.97 Å². The third kappa shape index (κ3) is 3.14. The molecule has 4 fully saturated rings. The SMILES string of the molecule is COC(=O)C[C@]12CC[C@@H](C)[C@H](C)[C@H]1[C@H]1C(=O)C[C@@H]3[C@@]4(C)Cc5cnoc5C(C)(C)[C@@H]4CC[C@@]3(C)[C@]1(C)CC2. The summed E-state index contributed by atoms with van der Waals surface area (Å²) < 4.78 is 11.1. The van der Waals surface area contributed by atoms with E-state index in [1.54, 1.807) is 0 Å². The topological polar surface area (TPSA) is 69.4 Å². The lowest BCUT2D eigenvalue weighted by atomic mass is 9.31. The molecule has 0 amide bonds. The normalized spacial score (nSPS) is 49.1. The molecular weight excluding hydrogens is 474 g/mol. The van der Waals surface area contributed by atoms with Crippen LogP contribution in [-0.2, 0) is 26.2 Å². The van der Waals surface area contributed by atoms with Gasteiger partial charge in [-0.3, -0.25) is 9.59 Å². The van der Waals surface area contributed by atoms with Gasteiger partial charge in [-0.1, -0.05) is 53.6 Å². The van der Waals surface area contributed by atoms with Crippen LogP contribution >= 0.6 is 0 Å². The second-order valence-electron chi connectivity index (χ2n) is 15.7. The minimum absolute atomic E-state index is 0.0304. The van der Waals surface area contributed by atoms with Crippen LogP contribution in [0.25, 0.3) is 0 Å². The van der Waals surface area contributed by atoms with Gasteiger partial charge in [0.25, 0.3) is 0 Å². The fourth-order valence-electron chi connectivity index (χ4n) is 12.0. The molecule has 0 saturated heterocycles. The van der Waals surface area contributed by atoms with Gasteiger partial charge in [-0.05, 0) is 96.2 Å². The van der Waals surface area contributed by atoms with E-state index in [2.05, 4.69) is 53.6 Å². The van der Waals surface area contributed by atoms with Gasteiger partial charge < -0.3 is 9.26 Å². The maximum absolute atomic E-state index is 14.7. The summed E-state index contributed by atoms with van der Waals surface area (Å²) in [4.78, 5) is 27.4. The molecule has 0 bridgehead atoms. The second-order valence-corrected chi connectivity index (χ2v) is 15.7. The van der Waals surface area contributed by atoms with Crippen molar-refractivity contribution in [2.24, 2.45) is 57.2 Å². The highest BCUT2D eigenvalue weighted by molar-refractivity contribution is 5.84. The number of hydrogen-bond acceptors (Lipinski definition) is 5. The fourth-order valence-corrected chi connectivity index (χ4v) is 12.0. The Morgan fingerprint density at radius 1 is 1.03 bits per heavy atom. The predicted octanol–water partition coefficient (Wildman–Crippen LogP) is 7.17. The van der Waals surface area contributed by atoms with E-state index in [4.69, 9.17) is 9.26 Å². The number of ketones is 1. The van der Waals surface area contributed by atoms with E-state index in [0.717, 1.165) is 50.7 Å². The number of fused-ring (bicyclic) bond motifs is 8. The number of carbonyl (C=O) groups excluding carboxylic acids is 2. The van der Waals surface area contributed by atoms with Crippen LogP contribution in [0.4, 0.5) is 0 Å². The number of rotatable bonds is 2. The predicted molar refractivity (Wildman–Crippen MR) is 146 cm³/mol. The molecule has 0 N–H and O–H groups in total.